The summed E-state index contributed by atoms with van der Waals surface area (Å²) >= 11 is 3.48. The SMILES string of the molecule is CCCCCCCCCCCCCC[CH2][Mn]. The molecule has 1 heteroatoms. The van der Waals surface area contributed by atoms with Gasteiger partial charge in [-0.15, -0.1) is 0 Å². The molecular weight excluding hydrogens is 235 g/mol. The summed E-state index contributed by atoms with van der Waals surface area (Å²) in [5.41, 5.74) is 0. The van der Waals surface area contributed by atoms with Gasteiger partial charge in [-0.2, -0.15) is 0 Å². The number of rotatable bonds is 13. The van der Waals surface area contributed by atoms with Crippen LogP contribution in [-0.4, -0.2) is 0 Å². The third-order valence-corrected chi connectivity index (χ3v) is 3.65. The topological polar surface area (TPSA) is 0 Å². The minimum absolute atomic E-state index is 1.19. The first-order valence-corrected chi connectivity index (χ1v) is 8.31. The Hall–Kier alpha value is 0.519. The molecule has 0 aromatic carbocycles. The molecule has 0 fully saturated rings. The fourth-order valence-corrected chi connectivity index (χ4v) is 2.41. The molecule has 0 saturated carbocycles. The first-order valence-electron chi connectivity index (χ1n) is 7.47. The molecule has 0 aliphatic heterocycles. The molecule has 0 bridgehead atoms. The Balaban J connectivity index is 2.83. The molecule has 98 valence electrons. The Bertz CT molecular complexity index is 98.0. The zero-order valence-electron chi connectivity index (χ0n) is 11.3. The van der Waals surface area contributed by atoms with Crippen molar-refractivity contribution in [3.8, 4) is 0 Å². The summed E-state index contributed by atoms with van der Waals surface area (Å²) in [7, 11) is 0. The second-order valence-electron chi connectivity index (χ2n) is 4.93. The molecule has 0 aromatic heterocycles. The van der Waals surface area contributed by atoms with Crippen LogP contribution in [0.15, 0.2) is 0 Å². The van der Waals surface area contributed by atoms with E-state index in [1.54, 1.807) is 0 Å². The Morgan fingerprint density at radius 1 is 0.500 bits per heavy atom. The van der Waals surface area contributed by atoms with E-state index in [0.29, 0.717) is 0 Å². The summed E-state index contributed by atoms with van der Waals surface area (Å²) in [5, 5.41) is 1.19. The normalized spacial score (nSPS) is 10.9. The molecule has 0 aliphatic rings. The molecule has 0 aliphatic carbocycles. The van der Waals surface area contributed by atoms with Crippen LogP contribution < -0.4 is 0 Å². The van der Waals surface area contributed by atoms with E-state index in [2.05, 4.69) is 22.9 Å². The standard InChI is InChI=1S/C15H31.Mn/c1-3-5-7-9-11-13-15-14-12-10-8-6-4-2;/h1,3-15H2,2H3;. The Kier molecular flexibility index (Phi) is 16.0. The molecule has 0 unspecified atom stereocenters. The summed E-state index contributed by atoms with van der Waals surface area (Å²) in [6.07, 6.45) is 18.8. The van der Waals surface area contributed by atoms with Gasteiger partial charge >= 0.3 is 92.0 Å². The van der Waals surface area contributed by atoms with Crippen LogP contribution in [0.2, 0.25) is 5.32 Å². The predicted molar refractivity (Wildman–Crippen MR) is 70.5 cm³/mol. The molecule has 0 atom stereocenters. The first kappa shape index (κ1) is 16.5. The van der Waals surface area contributed by atoms with E-state index < -0.39 is 0 Å². The Labute approximate surface area is 112 Å². The van der Waals surface area contributed by atoms with Crippen molar-refractivity contribution in [2.45, 2.75) is 95.7 Å². The third-order valence-electron chi connectivity index (χ3n) is 3.24. The zero-order chi connectivity index (χ0) is 11.9. The van der Waals surface area contributed by atoms with Gasteiger partial charge in [0.25, 0.3) is 0 Å². The van der Waals surface area contributed by atoms with E-state index in [4.69, 9.17) is 0 Å². The molecule has 0 saturated heterocycles. The first-order chi connectivity index (χ1) is 7.91. The molecule has 0 nitrogen and oxygen atoms in total. The second kappa shape index (κ2) is 15.5. The summed E-state index contributed by atoms with van der Waals surface area (Å²) < 4.78 is 0. The van der Waals surface area contributed by atoms with Gasteiger partial charge in [-0.3, -0.25) is 0 Å². The van der Waals surface area contributed by atoms with Gasteiger partial charge < -0.3 is 0 Å². The maximum atomic E-state index is 3.48. The van der Waals surface area contributed by atoms with Crippen molar-refractivity contribution in [3.05, 3.63) is 0 Å². The summed E-state index contributed by atoms with van der Waals surface area (Å²) in [5.74, 6) is 0. The fraction of sp³-hybridized carbons (Fsp3) is 1.00. The molecule has 0 rings (SSSR count). The maximum absolute atomic E-state index is 3.48. The molecule has 0 radical (unpaired) electrons. The number of unbranched alkanes of at least 4 members (excludes halogenated alkanes) is 12. The van der Waals surface area contributed by atoms with Crippen LogP contribution in [0.5, 0.6) is 0 Å². The van der Waals surface area contributed by atoms with Crippen molar-refractivity contribution in [1.29, 1.82) is 0 Å². The monoisotopic (exact) mass is 266 g/mol. The molecule has 0 amide bonds. The second-order valence-corrected chi connectivity index (χ2v) is 5.52. The van der Waals surface area contributed by atoms with Crippen molar-refractivity contribution in [2.75, 3.05) is 0 Å². The van der Waals surface area contributed by atoms with Crippen molar-refractivity contribution < 1.29 is 16.0 Å². The Morgan fingerprint density at radius 3 is 1.12 bits per heavy atom. The van der Waals surface area contributed by atoms with Crippen LogP contribution in [0.25, 0.3) is 0 Å². The number of hydrogen-bond acceptors (Lipinski definition) is 0. The summed E-state index contributed by atoms with van der Waals surface area (Å²) in [6.45, 7) is 2.29. The van der Waals surface area contributed by atoms with E-state index in [-0.39, 0.29) is 0 Å². The van der Waals surface area contributed by atoms with Crippen LogP contribution in [0, 0.1) is 0 Å². The fourth-order valence-electron chi connectivity index (χ4n) is 2.11. The molecule has 0 N–H and O–H groups in total. The number of hydrogen-bond donors (Lipinski definition) is 0. The van der Waals surface area contributed by atoms with Crippen molar-refractivity contribution in [3.63, 3.8) is 0 Å². The van der Waals surface area contributed by atoms with E-state index in [9.17, 15) is 0 Å². The molecule has 16 heavy (non-hydrogen) atoms. The predicted octanol–water partition coefficient (Wildman–Crippen LogP) is 6.04. The van der Waals surface area contributed by atoms with Gasteiger partial charge in [-0.05, 0) is 0 Å². The molecule has 0 spiro atoms. The van der Waals surface area contributed by atoms with E-state index in [1.165, 1.54) is 88.8 Å². The summed E-state index contributed by atoms with van der Waals surface area (Å²) in [4.78, 5) is 0. The quantitative estimate of drug-likeness (QED) is 0.281. The summed E-state index contributed by atoms with van der Waals surface area (Å²) in [6, 6.07) is 0. The van der Waals surface area contributed by atoms with Crippen LogP contribution in [0.3, 0.4) is 0 Å². The van der Waals surface area contributed by atoms with Gasteiger partial charge in [0.1, 0.15) is 0 Å². The van der Waals surface area contributed by atoms with Crippen molar-refractivity contribution in [2.24, 2.45) is 0 Å². The van der Waals surface area contributed by atoms with Crippen LogP contribution in [0.1, 0.15) is 90.4 Å². The van der Waals surface area contributed by atoms with Crippen LogP contribution in [-0.2, 0) is 16.0 Å². The van der Waals surface area contributed by atoms with E-state index >= 15 is 0 Å². The van der Waals surface area contributed by atoms with Gasteiger partial charge in [0.2, 0.25) is 0 Å². The van der Waals surface area contributed by atoms with Crippen LogP contribution in [0.4, 0.5) is 0 Å². The van der Waals surface area contributed by atoms with Gasteiger partial charge in [0, 0.05) is 0 Å². The van der Waals surface area contributed by atoms with Gasteiger partial charge in [-0.1, -0.05) is 19.8 Å². The van der Waals surface area contributed by atoms with Crippen LogP contribution >= 0.6 is 0 Å². The van der Waals surface area contributed by atoms with E-state index in [1.807, 2.05) is 0 Å². The minimum atomic E-state index is 1.19. The van der Waals surface area contributed by atoms with E-state index in [0.717, 1.165) is 0 Å². The molecule has 0 aromatic rings. The van der Waals surface area contributed by atoms with Gasteiger partial charge in [0.15, 0.2) is 0 Å². The average Bonchev–Trinajstić information content (AvgIpc) is 2.31. The van der Waals surface area contributed by atoms with Gasteiger partial charge in [-0.25, -0.2) is 0 Å². The Morgan fingerprint density at radius 2 is 0.812 bits per heavy atom. The average molecular weight is 266 g/mol. The van der Waals surface area contributed by atoms with Crippen molar-refractivity contribution in [1.82, 2.24) is 0 Å². The molecular formula is C15H31Mn. The van der Waals surface area contributed by atoms with Crippen molar-refractivity contribution >= 4 is 0 Å². The van der Waals surface area contributed by atoms with Gasteiger partial charge in [0.05, 0.1) is 0 Å². The molecule has 0 heterocycles. The third kappa shape index (κ3) is 14.5. The zero-order valence-corrected chi connectivity index (χ0v) is 12.5.